The van der Waals surface area contributed by atoms with Crippen LogP contribution in [0.4, 0.5) is 0 Å². The average molecular weight is 265 g/mol. The zero-order valence-electron chi connectivity index (χ0n) is 7.90. The van der Waals surface area contributed by atoms with Gasteiger partial charge in [-0.15, -0.1) is 0 Å². The van der Waals surface area contributed by atoms with E-state index < -0.39 is 5.97 Å². The van der Waals surface area contributed by atoms with Crippen molar-refractivity contribution in [3.05, 3.63) is 46.4 Å². The first-order valence-electron chi connectivity index (χ1n) is 4.56. The Morgan fingerprint density at radius 3 is 2.73 bits per heavy atom. The Morgan fingerprint density at radius 1 is 1.27 bits per heavy atom. The van der Waals surface area contributed by atoms with Crippen molar-refractivity contribution in [2.45, 2.75) is 6.42 Å². The predicted octanol–water partition coefficient (Wildman–Crippen LogP) is 3.23. The highest BCUT2D eigenvalue weighted by Gasteiger charge is 2.06. The Kier molecular flexibility index (Phi) is 2.73. The first kappa shape index (κ1) is 10.2. The normalized spacial score (nSPS) is 10.5. The zero-order valence-corrected chi connectivity index (χ0v) is 9.49. The number of carbonyl (C=O) groups is 1. The highest BCUT2D eigenvalue weighted by Crippen LogP contribution is 2.24. The lowest BCUT2D eigenvalue weighted by atomic mass is 10.0. The summed E-state index contributed by atoms with van der Waals surface area (Å²) in [5, 5.41) is 10.9. The third-order valence-electron chi connectivity index (χ3n) is 2.25. The summed E-state index contributed by atoms with van der Waals surface area (Å²) in [6, 6.07) is 11.6. The maximum Gasteiger partial charge on any atom is 0.307 e. The lowest BCUT2D eigenvalue weighted by Gasteiger charge is -2.05. The first-order chi connectivity index (χ1) is 7.16. The van der Waals surface area contributed by atoms with Crippen molar-refractivity contribution in [1.29, 1.82) is 0 Å². The van der Waals surface area contributed by atoms with E-state index in [1.54, 1.807) is 0 Å². The molecule has 0 amide bonds. The number of hydrogen-bond donors (Lipinski definition) is 1. The number of carboxylic acid groups (broad SMARTS) is 1. The molecule has 2 nitrogen and oxygen atoms in total. The molecule has 0 aliphatic heterocycles. The van der Waals surface area contributed by atoms with Gasteiger partial charge in [0.2, 0.25) is 0 Å². The Bertz CT molecular complexity index is 520. The molecule has 0 atom stereocenters. The van der Waals surface area contributed by atoms with E-state index in [9.17, 15) is 4.79 Å². The molecule has 76 valence electrons. The van der Waals surface area contributed by atoms with E-state index >= 15 is 0 Å². The molecule has 0 aliphatic rings. The van der Waals surface area contributed by atoms with Crippen LogP contribution in [0, 0.1) is 0 Å². The Balaban J connectivity index is 2.65. The van der Waals surface area contributed by atoms with Gasteiger partial charge in [-0.1, -0.05) is 40.2 Å². The minimum Gasteiger partial charge on any atom is -0.481 e. The second kappa shape index (κ2) is 4.03. The maximum atomic E-state index is 10.7. The van der Waals surface area contributed by atoms with Gasteiger partial charge < -0.3 is 5.11 Å². The maximum absolute atomic E-state index is 10.7. The minimum absolute atomic E-state index is 0.0555. The van der Waals surface area contributed by atoms with Gasteiger partial charge >= 0.3 is 5.97 Å². The van der Waals surface area contributed by atoms with Crippen molar-refractivity contribution in [1.82, 2.24) is 0 Å². The molecular formula is C12H9BrO2. The third-order valence-corrected chi connectivity index (χ3v) is 2.71. The number of benzene rings is 2. The lowest BCUT2D eigenvalue weighted by molar-refractivity contribution is -0.136. The van der Waals surface area contributed by atoms with Crippen LogP contribution >= 0.6 is 15.9 Å². The first-order valence-corrected chi connectivity index (χ1v) is 5.35. The van der Waals surface area contributed by atoms with Crippen LogP contribution in [-0.2, 0) is 11.2 Å². The SMILES string of the molecule is O=C(O)Cc1cc(Br)cc2ccccc12. The molecule has 15 heavy (non-hydrogen) atoms. The van der Waals surface area contributed by atoms with E-state index in [-0.39, 0.29) is 6.42 Å². The van der Waals surface area contributed by atoms with Gasteiger partial charge in [-0.2, -0.15) is 0 Å². The van der Waals surface area contributed by atoms with Crippen molar-refractivity contribution in [3.63, 3.8) is 0 Å². The summed E-state index contributed by atoms with van der Waals surface area (Å²) in [4.78, 5) is 10.7. The summed E-state index contributed by atoms with van der Waals surface area (Å²) in [5.41, 5.74) is 0.840. The van der Waals surface area contributed by atoms with E-state index in [2.05, 4.69) is 15.9 Å². The molecule has 2 aromatic carbocycles. The minimum atomic E-state index is -0.807. The summed E-state index contributed by atoms with van der Waals surface area (Å²) >= 11 is 3.38. The van der Waals surface area contributed by atoms with Crippen LogP contribution in [0.25, 0.3) is 10.8 Å². The molecule has 3 heteroatoms. The second-order valence-electron chi connectivity index (χ2n) is 3.36. The highest BCUT2D eigenvalue weighted by molar-refractivity contribution is 9.10. The van der Waals surface area contributed by atoms with Gasteiger partial charge in [0.15, 0.2) is 0 Å². The summed E-state index contributed by atoms with van der Waals surface area (Å²) in [6.07, 6.45) is 0.0555. The molecule has 0 saturated heterocycles. The van der Waals surface area contributed by atoms with Gasteiger partial charge in [-0.25, -0.2) is 0 Å². The van der Waals surface area contributed by atoms with Gasteiger partial charge in [-0.05, 0) is 28.5 Å². The Morgan fingerprint density at radius 2 is 2.00 bits per heavy atom. The molecule has 1 N–H and O–H groups in total. The fraction of sp³-hybridized carbons (Fsp3) is 0.0833. The van der Waals surface area contributed by atoms with Crippen LogP contribution < -0.4 is 0 Å². The van der Waals surface area contributed by atoms with Crippen LogP contribution in [0.2, 0.25) is 0 Å². The zero-order chi connectivity index (χ0) is 10.8. The predicted molar refractivity (Wildman–Crippen MR) is 63.0 cm³/mol. The Labute approximate surface area is 95.7 Å². The summed E-state index contributed by atoms with van der Waals surface area (Å²) in [5.74, 6) is -0.807. The van der Waals surface area contributed by atoms with Gasteiger partial charge in [0.1, 0.15) is 0 Å². The number of carboxylic acids is 1. The summed E-state index contributed by atoms with van der Waals surface area (Å²) < 4.78 is 0.914. The van der Waals surface area contributed by atoms with E-state index in [1.807, 2.05) is 36.4 Å². The molecular weight excluding hydrogens is 256 g/mol. The van der Waals surface area contributed by atoms with Crippen molar-refractivity contribution in [3.8, 4) is 0 Å². The molecule has 0 radical (unpaired) electrons. The van der Waals surface area contributed by atoms with Gasteiger partial charge in [0.05, 0.1) is 6.42 Å². The van der Waals surface area contributed by atoms with Gasteiger partial charge in [0.25, 0.3) is 0 Å². The van der Waals surface area contributed by atoms with Crippen molar-refractivity contribution in [2.24, 2.45) is 0 Å². The number of aliphatic carboxylic acids is 1. The van der Waals surface area contributed by atoms with Crippen LogP contribution in [0.15, 0.2) is 40.9 Å². The molecule has 2 rings (SSSR count). The van der Waals surface area contributed by atoms with Crippen LogP contribution in [-0.4, -0.2) is 11.1 Å². The smallest absolute Gasteiger partial charge is 0.307 e. The molecule has 0 aromatic heterocycles. The van der Waals surface area contributed by atoms with Gasteiger partial charge in [0, 0.05) is 4.47 Å². The molecule has 0 saturated carbocycles. The number of hydrogen-bond acceptors (Lipinski definition) is 1. The second-order valence-corrected chi connectivity index (χ2v) is 4.27. The number of halogens is 1. The molecule has 2 aromatic rings. The van der Waals surface area contributed by atoms with E-state index in [4.69, 9.17) is 5.11 Å². The van der Waals surface area contributed by atoms with E-state index in [1.165, 1.54) is 0 Å². The molecule has 0 fully saturated rings. The van der Waals surface area contributed by atoms with Crippen molar-refractivity contribution >= 4 is 32.7 Å². The van der Waals surface area contributed by atoms with E-state index in [0.29, 0.717) is 0 Å². The third kappa shape index (κ3) is 2.18. The molecule has 0 bridgehead atoms. The number of rotatable bonds is 2. The topological polar surface area (TPSA) is 37.3 Å². The Hall–Kier alpha value is -1.35. The quantitative estimate of drug-likeness (QED) is 0.905. The summed E-state index contributed by atoms with van der Waals surface area (Å²) in [6.45, 7) is 0. The summed E-state index contributed by atoms with van der Waals surface area (Å²) in [7, 11) is 0. The van der Waals surface area contributed by atoms with Crippen LogP contribution in [0.3, 0.4) is 0 Å². The molecule has 0 unspecified atom stereocenters. The highest BCUT2D eigenvalue weighted by atomic mass is 79.9. The molecule has 0 spiro atoms. The largest absolute Gasteiger partial charge is 0.481 e. The monoisotopic (exact) mass is 264 g/mol. The molecule has 0 heterocycles. The molecule has 0 aliphatic carbocycles. The van der Waals surface area contributed by atoms with Crippen molar-refractivity contribution < 1.29 is 9.90 Å². The fourth-order valence-corrected chi connectivity index (χ4v) is 2.18. The van der Waals surface area contributed by atoms with E-state index in [0.717, 1.165) is 20.8 Å². The van der Waals surface area contributed by atoms with Crippen LogP contribution in [0.1, 0.15) is 5.56 Å². The fourth-order valence-electron chi connectivity index (χ4n) is 1.66. The van der Waals surface area contributed by atoms with Crippen LogP contribution in [0.5, 0.6) is 0 Å². The number of fused-ring (bicyclic) bond motifs is 1. The standard InChI is InChI=1S/C12H9BrO2/c13-10-5-8-3-1-2-4-11(8)9(6-10)7-12(14)15/h1-6H,7H2,(H,14,15). The van der Waals surface area contributed by atoms with Gasteiger partial charge in [-0.3, -0.25) is 4.79 Å². The van der Waals surface area contributed by atoms with Crippen molar-refractivity contribution in [2.75, 3.05) is 0 Å². The average Bonchev–Trinajstić information content (AvgIpc) is 2.16. The lowest BCUT2D eigenvalue weighted by Crippen LogP contribution is -2.00.